The quantitative estimate of drug-likeness (QED) is 0.862. The van der Waals surface area contributed by atoms with Crippen LogP contribution in [-0.2, 0) is 5.41 Å². The lowest BCUT2D eigenvalue weighted by Gasteiger charge is -2.36. The predicted molar refractivity (Wildman–Crippen MR) is 67.8 cm³/mol. The maximum Gasteiger partial charge on any atom is 0.131 e. The summed E-state index contributed by atoms with van der Waals surface area (Å²) in [4.78, 5) is 0. The summed E-state index contributed by atoms with van der Waals surface area (Å²) in [5.41, 5.74) is 8.50. The molecule has 0 amide bonds. The topological polar surface area (TPSA) is 52.0 Å². The van der Waals surface area contributed by atoms with Gasteiger partial charge in [-0.1, -0.05) is 30.5 Å². The summed E-state index contributed by atoms with van der Waals surface area (Å²) < 4.78 is 4.99. The minimum atomic E-state index is 0.172. The summed E-state index contributed by atoms with van der Waals surface area (Å²) in [5, 5.41) is 5.09. The highest BCUT2D eigenvalue weighted by molar-refractivity contribution is 5.78. The van der Waals surface area contributed by atoms with Crippen LogP contribution in [0.4, 0.5) is 0 Å². The van der Waals surface area contributed by atoms with E-state index in [2.05, 4.69) is 23.4 Å². The van der Waals surface area contributed by atoms with Gasteiger partial charge in [-0.15, -0.1) is 0 Å². The first-order valence-electron chi connectivity index (χ1n) is 6.39. The van der Waals surface area contributed by atoms with E-state index in [4.69, 9.17) is 10.3 Å². The van der Waals surface area contributed by atoms with Gasteiger partial charge in [-0.2, -0.15) is 0 Å². The van der Waals surface area contributed by atoms with E-state index in [-0.39, 0.29) is 5.41 Å². The lowest BCUT2D eigenvalue weighted by atomic mass is 9.69. The molecule has 3 heteroatoms. The molecule has 1 aromatic heterocycles. The first kappa shape index (κ1) is 10.8. The van der Waals surface area contributed by atoms with Gasteiger partial charge < -0.3 is 10.3 Å². The molecular weight excluding hydrogens is 212 g/mol. The van der Waals surface area contributed by atoms with Gasteiger partial charge in [0.05, 0.1) is 0 Å². The van der Waals surface area contributed by atoms with Gasteiger partial charge in [0.1, 0.15) is 11.8 Å². The molecule has 1 saturated carbocycles. The van der Waals surface area contributed by atoms with Crippen molar-refractivity contribution in [2.24, 2.45) is 5.73 Å². The molecular formula is C14H18N2O. The van der Waals surface area contributed by atoms with Crippen LogP contribution in [0.25, 0.3) is 10.9 Å². The van der Waals surface area contributed by atoms with Gasteiger partial charge in [0.2, 0.25) is 0 Å². The molecule has 0 unspecified atom stereocenters. The second-order valence-corrected chi connectivity index (χ2v) is 5.13. The molecule has 1 heterocycles. The monoisotopic (exact) mass is 230 g/mol. The number of nitrogens with zero attached hydrogens (tertiary/aromatic N) is 1. The van der Waals surface area contributed by atoms with Gasteiger partial charge in [-0.05, 0) is 30.5 Å². The Morgan fingerprint density at radius 2 is 2.06 bits per heavy atom. The molecule has 0 spiro atoms. The molecule has 17 heavy (non-hydrogen) atoms. The molecule has 1 aliphatic rings. The van der Waals surface area contributed by atoms with E-state index in [1.807, 2.05) is 0 Å². The SMILES string of the molecule is NCC1(c2ccc3conc3c2)CCCCC1. The third-order valence-electron chi connectivity index (χ3n) is 4.17. The van der Waals surface area contributed by atoms with Crippen LogP contribution in [0, 0.1) is 0 Å². The van der Waals surface area contributed by atoms with Crippen LogP contribution in [0.15, 0.2) is 29.0 Å². The van der Waals surface area contributed by atoms with E-state index in [9.17, 15) is 0 Å². The van der Waals surface area contributed by atoms with E-state index >= 15 is 0 Å². The second kappa shape index (κ2) is 4.15. The Balaban J connectivity index is 2.04. The molecule has 0 aliphatic heterocycles. The summed E-state index contributed by atoms with van der Waals surface area (Å²) in [5.74, 6) is 0. The summed E-state index contributed by atoms with van der Waals surface area (Å²) in [7, 11) is 0. The van der Waals surface area contributed by atoms with E-state index in [0.29, 0.717) is 0 Å². The minimum absolute atomic E-state index is 0.172. The van der Waals surface area contributed by atoms with Crippen LogP contribution in [0.5, 0.6) is 0 Å². The van der Waals surface area contributed by atoms with Crippen LogP contribution in [0.1, 0.15) is 37.7 Å². The van der Waals surface area contributed by atoms with E-state index in [1.165, 1.54) is 37.7 Å². The maximum absolute atomic E-state index is 6.05. The Hall–Kier alpha value is -1.35. The molecule has 1 aromatic carbocycles. The lowest BCUT2D eigenvalue weighted by molar-refractivity contribution is 0.301. The van der Waals surface area contributed by atoms with Gasteiger partial charge in [-0.25, -0.2) is 0 Å². The van der Waals surface area contributed by atoms with Crippen molar-refractivity contribution in [3.05, 3.63) is 30.0 Å². The standard InChI is InChI=1S/C14H18N2O/c15-10-14(6-2-1-3-7-14)12-5-4-11-9-17-16-13(11)8-12/h4-5,8-9H,1-3,6-7,10,15H2. The van der Waals surface area contributed by atoms with Gasteiger partial charge in [0, 0.05) is 17.3 Å². The highest BCUT2D eigenvalue weighted by Crippen LogP contribution is 2.39. The van der Waals surface area contributed by atoms with Crippen LogP contribution in [0.2, 0.25) is 0 Å². The molecule has 2 N–H and O–H groups in total. The fraction of sp³-hybridized carbons (Fsp3) is 0.500. The predicted octanol–water partition coefficient (Wildman–Crippen LogP) is 2.99. The lowest BCUT2D eigenvalue weighted by Crippen LogP contribution is -2.37. The largest absolute Gasteiger partial charge is 0.364 e. The van der Waals surface area contributed by atoms with Crippen molar-refractivity contribution < 1.29 is 4.52 Å². The van der Waals surface area contributed by atoms with Crippen LogP contribution < -0.4 is 5.73 Å². The average Bonchev–Trinajstić information content (AvgIpc) is 2.86. The fourth-order valence-electron chi connectivity index (χ4n) is 3.03. The fourth-order valence-corrected chi connectivity index (χ4v) is 3.03. The molecule has 0 saturated heterocycles. The van der Waals surface area contributed by atoms with Crippen molar-refractivity contribution in [1.29, 1.82) is 0 Å². The van der Waals surface area contributed by atoms with Gasteiger partial charge in [-0.3, -0.25) is 0 Å². The molecule has 0 bridgehead atoms. The zero-order valence-corrected chi connectivity index (χ0v) is 9.98. The number of benzene rings is 1. The number of rotatable bonds is 2. The highest BCUT2D eigenvalue weighted by atomic mass is 16.5. The van der Waals surface area contributed by atoms with Crippen LogP contribution in [0.3, 0.4) is 0 Å². The average molecular weight is 230 g/mol. The Morgan fingerprint density at radius 1 is 1.24 bits per heavy atom. The van der Waals surface area contributed by atoms with Crippen molar-refractivity contribution in [1.82, 2.24) is 5.16 Å². The van der Waals surface area contributed by atoms with Gasteiger partial charge >= 0.3 is 0 Å². The van der Waals surface area contributed by atoms with E-state index in [1.54, 1.807) is 6.26 Å². The number of hydrogen-bond acceptors (Lipinski definition) is 3. The van der Waals surface area contributed by atoms with E-state index in [0.717, 1.165) is 17.4 Å². The number of hydrogen-bond donors (Lipinski definition) is 1. The van der Waals surface area contributed by atoms with Crippen molar-refractivity contribution in [3.63, 3.8) is 0 Å². The zero-order chi connectivity index (χ0) is 11.7. The van der Waals surface area contributed by atoms with Crippen molar-refractivity contribution in [2.45, 2.75) is 37.5 Å². The second-order valence-electron chi connectivity index (χ2n) is 5.13. The Morgan fingerprint density at radius 3 is 2.82 bits per heavy atom. The molecule has 0 radical (unpaired) electrons. The smallest absolute Gasteiger partial charge is 0.131 e. The molecule has 1 aliphatic carbocycles. The third-order valence-corrected chi connectivity index (χ3v) is 4.17. The van der Waals surface area contributed by atoms with Gasteiger partial charge in [0.25, 0.3) is 0 Å². The molecule has 2 aromatic rings. The minimum Gasteiger partial charge on any atom is -0.364 e. The van der Waals surface area contributed by atoms with Crippen molar-refractivity contribution in [2.75, 3.05) is 6.54 Å². The van der Waals surface area contributed by atoms with Crippen molar-refractivity contribution in [3.8, 4) is 0 Å². The molecule has 1 fully saturated rings. The first-order valence-corrected chi connectivity index (χ1v) is 6.39. The molecule has 3 rings (SSSR count). The Bertz CT molecular complexity index is 512. The summed E-state index contributed by atoms with van der Waals surface area (Å²) in [6, 6.07) is 6.43. The normalized spacial score (nSPS) is 19.6. The summed E-state index contributed by atoms with van der Waals surface area (Å²) >= 11 is 0. The number of nitrogens with two attached hydrogens (primary N) is 1. The van der Waals surface area contributed by atoms with Gasteiger partial charge in [0.15, 0.2) is 0 Å². The summed E-state index contributed by atoms with van der Waals surface area (Å²) in [6.45, 7) is 0.732. The highest BCUT2D eigenvalue weighted by Gasteiger charge is 2.32. The van der Waals surface area contributed by atoms with Crippen LogP contribution >= 0.6 is 0 Å². The van der Waals surface area contributed by atoms with Crippen LogP contribution in [-0.4, -0.2) is 11.7 Å². The Labute approximate surface area is 101 Å². The zero-order valence-electron chi connectivity index (χ0n) is 9.98. The Kier molecular flexibility index (Phi) is 2.63. The summed E-state index contributed by atoms with van der Waals surface area (Å²) in [6.07, 6.45) is 8.00. The van der Waals surface area contributed by atoms with E-state index < -0.39 is 0 Å². The molecule has 3 nitrogen and oxygen atoms in total. The number of aromatic nitrogens is 1. The third kappa shape index (κ3) is 1.75. The maximum atomic E-state index is 6.05. The number of fused-ring (bicyclic) bond motifs is 1. The molecule has 90 valence electrons. The van der Waals surface area contributed by atoms with Crippen molar-refractivity contribution >= 4 is 10.9 Å². The molecule has 0 atom stereocenters. The first-order chi connectivity index (χ1) is 8.34.